The van der Waals surface area contributed by atoms with Gasteiger partial charge in [0.25, 0.3) is 10.2 Å². The van der Waals surface area contributed by atoms with Crippen LogP contribution in [0.25, 0.3) is 0 Å². The highest BCUT2D eigenvalue weighted by Gasteiger charge is 2.15. The van der Waals surface area contributed by atoms with Crippen LogP contribution in [0.3, 0.4) is 0 Å². The quantitative estimate of drug-likeness (QED) is 0.524. The summed E-state index contributed by atoms with van der Waals surface area (Å²) in [5, 5.41) is 8.36. The van der Waals surface area contributed by atoms with E-state index in [1.807, 2.05) is 19.0 Å². The van der Waals surface area contributed by atoms with Crippen molar-refractivity contribution in [3.05, 3.63) is 0 Å². The molecule has 0 aromatic rings. The maximum Gasteiger partial charge on any atom is 0.274 e. The maximum absolute atomic E-state index is 10.9. The van der Waals surface area contributed by atoms with Crippen LogP contribution in [0, 0.1) is 0 Å². The molecule has 0 aromatic heterocycles. The van der Waals surface area contributed by atoms with Gasteiger partial charge in [0.05, 0.1) is 0 Å². The SMILES string of the molecule is CCC(CC)NC(CNS(N)(=O)=O)CN(C)C. The third-order valence-corrected chi connectivity index (χ3v) is 3.14. The predicted octanol–water partition coefficient (Wildman–Crippen LogP) is -0.512. The second kappa shape index (κ2) is 7.99. The Morgan fingerprint density at radius 1 is 1.18 bits per heavy atom. The summed E-state index contributed by atoms with van der Waals surface area (Å²) in [6.07, 6.45) is 2.05. The normalized spacial score (nSPS) is 14.5. The summed E-state index contributed by atoms with van der Waals surface area (Å²) in [4.78, 5) is 2.02. The molecule has 0 saturated heterocycles. The van der Waals surface area contributed by atoms with Gasteiger partial charge in [-0.05, 0) is 26.9 Å². The fraction of sp³-hybridized carbons (Fsp3) is 1.00. The van der Waals surface area contributed by atoms with E-state index in [4.69, 9.17) is 5.14 Å². The van der Waals surface area contributed by atoms with Gasteiger partial charge in [0.15, 0.2) is 0 Å². The van der Waals surface area contributed by atoms with Gasteiger partial charge in [-0.2, -0.15) is 8.42 Å². The van der Waals surface area contributed by atoms with E-state index in [0.29, 0.717) is 12.6 Å². The van der Waals surface area contributed by atoms with Crippen molar-refractivity contribution in [2.24, 2.45) is 5.14 Å². The molecule has 104 valence electrons. The highest BCUT2D eigenvalue weighted by atomic mass is 32.2. The van der Waals surface area contributed by atoms with Gasteiger partial charge in [0.2, 0.25) is 0 Å². The van der Waals surface area contributed by atoms with Gasteiger partial charge in [-0.3, -0.25) is 0 Å². The fourth-order valence-electron chi connectivity index (χ4n) is 1.69. The molecule has 0 heterocycles. The zero-order valence-electron chi connectivity index (χ0n) is 11.2. The van der Waals surface area contributed by atoms with Gasteiger partial charge in [0, 0.05) is 25.2 Å². The van der Waals surface area contributed by atoms with Crippen molar-refractivity contribution in [3.63, 3.8) is 0 Å². The average molecular weight is 266 g/mol. The molecule has 4 N–H and O–H groups in total. The van der Waals surface area contributed by atoms with Crippen molar-refractivity contribution in [2.75, 3.05) is 27.2 Å². The lowest BCUT2D eigenvalue weighted by molar-refractivity contribution is 0.308. The largest absolute Gasteiger partial charge is 0.309 e. The molecule has 6 nitrogen and oxygen atoms in total. The highest BCUT2D eigenvalue weighted by molar-refractivity contribution is 7.87. The summed E-state index contributed by atoms with van der Waals surface area (Å²) in [7, 11) is 0.301. The Kier molecular flexibility index (Phi) is 7.89. The molecule has 0 saturated carbocycles. The molecule has 0 fully saturated rings. The monoisotopic (exact) mass is 266 g/mol. The molecule has 0 amide bonds. The molecule has 17 heavy (non-hydrogen) atoms. The van der Waals surface area contributed by atoms with E-state index in [1.165, 1.54) is 0 Å². The van der Waals surface area contributed by atoms with Crippen molar-refractivity contribution in [1.29, 1.82) is 0 Å². The average Bonchev–Trinajstić information content (AvgIpc) is 2.20. The van der Waals surface area contributed by atoms with E-state index in [-0.39, 0.29) is 6.04 Å². The first-order valence-corrected chi connectivity index (χ1v) is 7.51. The van der Waals surface area contributed by atoms with Crippen LogP contribution in [-0.2, 0) is 10.2 Å². The first-order chi connectivity index (χ1) is 7.78. The number of nitrogens with one attached hydrogen (secondary N) is 2. The number of nitrogens with two attached hydrogens (primary N) is 1. The maximum atomic E-state index is 10.9. The minimum atomic E-state index is -3.61. The van der Waals surface area contributed by atoms with E-state index in [1.54, 1.807) is 0 Å². The molecule has 1 atom stereocenters. The lowest BCUT2D eigenvalue weighted by atomic mass is 10.1. The van der Waals surface area contributed by atoms with Gasteiger partial charge in [0.1, 0.15) is 0 Å². The zero-order valence-corrected chi connectivity index (χ0v) is 12.0. The second-order valence-electron chi connectivity index (χ2n) is 4.53. The summed E-state index contributed by atoms with van der Waals surface area (Å²) in [6, 6.07) is 0.468. The summed E-state index contributed by atoms with van der Waals surface area (Å²) < 4.78 is 24.1. The summed E-state index contributed by atoms with van der Waals surface area (Å²) in [5.41, 5.74) is 0. The van der Waals surface area contributed by atoms with Crippen LogP contribution in [0.1, 0.15) is 26.7 Å². The summed E-state index contributed by atoms with van der Waals surface area (Å²) >= 11 is 0. The molecular weight excluding hydrogens is 240 g/mol. The predicted molar refractivity (Wildman–Crippen MR) is 71.0 cm³/mol. The molecule has 0 rings (SSSR count). The molecule has 0 bridgehead atoms. The number of rotatable bonds is 9. The molecule has 0 spiro atoms. The molecular formula is C10H26N4O2S. The van der Waals surface area contributed by atoms with E-state index in [9.17, 15) is 8.42 Å². The Morgan fingerprint density at radius 2 is 1.71 bits per heavy atom. The van der Waals surface area contributed by atoms with Gasteiger partial charge in [-0.25, -0.2) is 9.86 Å². The van der Waals surface area contributed by atoms with Gasteiger partial charge in [-0.1, -0.05) is 13.8 Å². The van der Waals surface area contributed by atoms with Crippen molar-refractivity contribution in [1.82, 2.24) is 14.9 Å². The number of likely N-dealkylation sites (N-methyl/N-ethyl adjacent to an activating group) is 1. The molecule has 0 aliphatic carbocycles. The van der Waals surface area contributed by atoms with Crippen molar-refractivity contribution < 1.29 is 8.42 Å². The van der Waals surface area contributed by atoms with Crippen LogP contribution >= 0.6 is 0 Å². The highest BCUT2D eigenvalue weighted by Crippen LogP contribution is 1.99. The Morgan fingerprint density at radius 3 is 2.06 bits per heavy atom. The van der Waals surface area contributed by atoms with Crippen LogP contribution in [0.4, 0.5) is 0 Å². The molecule has 0 aliphatic rings. The zero-order chi connectivity index (χ0) is 13.5. The molecule has 0 radical (unpaired) electrons. The van der Waals surface area contributed by atoms with Gasteiger partial charge < -0.3 is 10.2 Å². The van der Waals surface area contributed by atoms with Gasteiger partial charge in [-0.15, -0.1) is 0 Å². The van der Waals surface area contributed by atoms with Crippen LogP contribution in [0.5, 0.6) is 0 Å². The lowest BCUT2D eigenvalue weighted by Crippen LogP contribution is -2.50. The van der Waals surface area contributed by atoms with E-state index >= 15 is 0 Å². The van der Waals surface area contributed by atoms with E-state index in [0.717, 1.165) is 19.4 Å². The van der Waals surface area contributed by atoms with E-state index in [2.05, 4.69) is 23.9 Å². The number of nitrogens with zero attached hydrogens (tertiary/aromatic N) is 1. The molecule has 0 aliphatic heterocycles. The van der Waals surface area contributed by atoms with Crippen molar-refractivity contribution in [2.45, 2.75) is 38.8 Å². The number of hydrogen-bond acceptors (Lipinski definition) is 4. The lowest BCUT2D eigenvalue weighted by Gasteiger charge is -2.26. The third-order valence-electron chi connectivity index (χ3n) is 2.57. The Balaban J connectivity index is 4.32. The summed E-state index contributed by atoms with van der Waals surface area (Å²) in [5.74, 6) is 0. The Labute approximate surface area is 105 Å². The smallest absolute Gasteiger partial charge is 0.274 e. The first kappa shape index (κ1) is 16.8. The minimum Gasteiger partial charge on any atom is -0.309 e. The minimum absolute atomic E-state index is 0.0632. The van der Waals surface area contributed by atoms with E-state index < -0.39 is 10.2 Å². The fourth-order valence-corrected chi connectivity index (χ4v) is 2.12. The first-order valence-electron chi connectivity index (χ1n) is 5.96. The van der Waals surface area contributed by atoms with Crippen LogP contribution < -0.4 is 15.2 Å². The summed E-state index contributed by atoms with van der Waals surface area (Å²) in [6.45, 7) is 5.30. The van der Waals surface area contributed by atoms with Gasteiger partial charge >= 0.3 is 0 Å². The van der Waals surface area contributed by atoms with Crippen LogP contribution in [0.2, 0.25) is 0 Å². The van der Waals surface area contributed by atoms with Crippen molar-refractivity contribution in [3.8, 4) is 0 Å². The van der Waals surface area contributed by atoms with Crippen molar-refractivity contribution >= 4 is 10.2 Å². The topological polar surface area (TPSA) is 87.5 Å². The van der Waals surface area contributed by atoms with Crippen LogP contribution in [0.15, 0.2) is 0 Å². The van der Waals surface area contributed by atoms with Crippen LogP contribution in [-0.4, -0.2) is 52.6 Å². The third kappa shape index (κ3) is 9.49. The molecule has 7 heteroatoms. The molecule has 0 aromatic carbocycles. The Hall–Kier alpha value is -0.210. The number of hydrogen-bond donors (Lipinski definition) is 3. The Bertz CT molecular complexity index is 289. The standard InChI is InChI=1S/C10H26N4O2S/c1-5-9(6-2)13-10(8-14(3)4)7-12-17(11,15)16/h9-10,12-13H,5-8H2,1-4H3,(H2,11,15,16). The second-order valence-corrected chi connectivity index (χ2v) is 5.91. The molecule has 1 unspecified atom stereocenters.